The lowest BCUT2D eigenvalue weighted by Crippen LogP contribution is -2.05. The first kappa shape index (κ1) is 15.7. The van der Waals surface area contributed by atoms with E-state index < -0.39 is 0 Å². The zero-order valence-corrected chi connectivity index (χ0v) is 13.2. The van der Waals surface area contributed by atoms with Crippen molar-refractivity contribution in [3.05, 3.63) is 34.2 Å². The van der Waals surface area contributed by atoms with Crippen LogP contribution in [0.1, 0.15) is 34.2 Å². The molecule has 2 radical (unpaired) electrons. The van der Waals surface area contributed by atoms with Gasteiger partial charge in [0.25, 0.3) is 0 Å². The number of hydrogen-bond donors (Lipinski definition) is 0. The lowest BCUT2D eigenvalue weighted by atomic mass is 10.0. The van der Waals surface area contributed by atoms with Crippen molar-refractivity contribution in [1.29, 1.82) is 5.26 Å². The van der Waals surface area contributed by atoms with E-state index in [9.17, 15) is 5.26 Å². The van der Waals surface area contributed by atoms with Gasteiger partial charge in [0.2, 0.25) is 0 Å². The van der Waals surface area contributed by atoms with Gasteiger partial charge in [0, 0.05) is 12.7 Å². The Hall–Kier alpha value is -2.69. The highest BCUT2D eigenvalue weighted by Crippen LogP contribution is 2.30. The monoisotopic (exact) mass is 294 g/mol. The van der Waals surface area contributed by atoms with Crippen LogP contribution in [0.15, 0.2) is 0 Å². The number of rotatable bonds is 3. The Labute approximate surface area is 130 Å². The topological polar surface area (TPSA) is 89.5 Å². The normalized spacial score (nSPS) is 11.8. The molecule has 22 heavy (non-hydrogen) atoms. The molecule has 0 aliphatic rings. The lowest BCUT2D eigenvalue weighted by Gasteiger charge is -2.11. The van der Waals surface area contributed by atoms with Gasteiger partial charge in [-0.1, -0.05) is 0 Å². The number of allylic oxidation sites excluding steroid dienone is 1. The average Bonchev–Trinajstić information content (AvgIpc) is 2.71. The maximum absolute atomic E-state index is 9.56. The molecule has 2 aromatic rings. The molecule has 8 heteroatoms. The second-order valence-corrected chi connectivity index (χ2v) is 4.90. The first-order chi connectivity index (χ1) is 10.4. The van der Waals surface area contributed by atoms with Gasteiger partial charge >= 0.3 is 8.05 Å². The molecule has 0 spiro atoms. The Kier molecular flexibility index (Phi) is 4.26. The third kappa shape index (κ3) is 2.57. The van der Waals surface area contributed by atoms with E-state index in [0.717, 1.165) is 5.69 Å². The van der Waals surface area contributed by atoms with Gasteiger partial charge in [0.1, 0.15) is 28.9 Å². The summed E-state index contributed by atoms with van der Waals surface area (Å²) in [7, 11) is 7.24. The molecule has 0 saturated carbocycles. The number of hydrogen-bond acceptors (Lipinski definition) is 6. The van der Waals surface area contributed by atoms with E-state index in [1.165, 1.54) is 0 Å². The molecule has 0 bridgehead atoms. The van der Waals surface area contributed by atoms with E-state index in [-0.39, 0.29) is 11.3 Å². The molecule has 7 nitrogen and oxygen atoms in total. The summed E-state index contributed by atoms with van der Waals surface area (Å²) in [6.07, 6.45) is 0. The maximum Gasteiger partial charge on any atom is 0.374 e. The SMILES string of the molecule is [B]OC(=C(C#N)c1nnc(C)nc1C)c1c(C)nn(C)c1C. The van der Waals surface area contributed by atoms with Crippen LogP contribution in [-0.4, -0.2) is 33.0 Å². The van der Waals surface area contributed by atoms with Crippen LogP contribution in [-0.2, 0) is 11.7 Å². The molecule has 0 atom stereocenters. The number of nitriles is 1. The van der Waals surface area contributed by atoms with Gasteiger partial charge in [-0.3, -0.25) is 4.68 Å². The summed E-state index contributed by atoms with van der Waals surface area (Å²) in [5, 5.41) is 21.8. The standard InChI is InChI=1S/C14H15BN6O/c1-7-12(9(3)21(5)20-7)14(22-15)11(6-16)13-8(2)17-10(4)18-19-13/h1-5H3. The Morgan fingerprint density at radius 2 is 1.86 bits per heavy atom. The summed E-state index contributed by atoms with van der Waals surface area (Å²) in [5.41, 5.74) is 3.31. The second-order valence-electron chi connectivity index (χ2n) is 4.90. The summed E-state index contributed by atoms with van der Waals surface area (Å²) < 4.78 is 6.71. The highest BCUT2D eigenvalue weighted by atomic mass is 16.4. The summed E-state index contributed by atoms with van der Waals surface area (Å²) >= 11 is 0. The van der Waals surface area contributed by atoms with Crippen molar-refractivity contribution in [3.63, 3.8) is 0 Å². The van der Waals surface area contributed by atoms with E-state index in [1.54, 1.807) is 18.5 Å². The predicted molar refractivity (Wildman–Crippen MR) is 81.2 cm³/mol. The highest BCUT2D eigenvalue weighted by molar-refractivity contribution is 6.06. The first-order valence-corrected chi connectivity index (χ1v) is 6.60. The Bertz CT molecular complexity index is 802. The van der Waals surface area contributed by atoms with Crippen molar-refractivity contribution < 1.29 is 4.65 Å². The minimum Gasteiger partial charge on any atom is -0.566 e. The molecule has 0 fully saturated rings. The van der Waals surface area contributed by atoms with Crippen molar-refractivity contribution in [2.45, 2.75) is 27.7 Å². The van der Waals surface area contributed by atoms with Crippen molar-refractivity contribution in [2.24, 2.45) is 7.05 Å². The van der Waals surface area contributed by atoms with Crippen LogP contribution in [0.2, 0.25) is 0 Å². The maximum atomic E-state index is 9.56. The smallest absolute Gasteiger partial charge is 0.374 e. The fourth-order valence-electron chi connectivity index (χ4n) is 2.30. The van der Waals surface area contributed by atoms with E-state index in [4.69, 9.17) is 12.7 Å². The molecular formula is C14H15BN6O. The van der Waals surface area contributed by atoms with Crippen molar-refractivity contribution in [2.75, 3.05) is 0 Å². The molecule has 0 amide bonds. The quantitative estimate of drug-likeness (QED) is 0.482. The number of aromatic nitrogens is 5. The van der Waals surface area contributed by atoms with E-state index in [1.807, 2.05) is 20.9 Å². The fraction of sp³-hybridized carbons (Fsp3) is 0.357. The predicted octanol–water partition coefficient (Wildman–Crippen LogP) is 1.33. The van der Waals surface area contributed by atoms with Gasteiger partial charge in [-0.2, -0.15) is 10.4 Å². The summed E-state index contributed by atoms with van der Waals surface area (Å²) in [6, 6.07) is 2.09. The zero-order chi connectivity index (χ0) is 16.4. The fourth-order valence-corrected chi connectivity index (χ4v) is 2.30. The van der Waals surface area contributed by atoms with Crippen molar-refractivity contribution in [1.82, 2.24) is 25.0 Å². The number of nitrogens with zero attached hydrogens (tertiary/aromatic N) is 6. The molecule has 0 aliphatic carbocycles. The lowest BCUT2D eigenvalue weighted by molar-refractivity contribution is 0.572. The summed E-state index contributed by atoms with van der Waals surface area (Å²) in [5.74, 6) is 0.746. The van der Waals surface area contributed by atoms with Crippen LogP contribution in [0.4, 0.5) is 0 Å². The highest BCUT2D eigenvalue weighted by Gasteiger charge is 2.22. The minimum atomic E-state index is 0.180. The van der Waals surface area contributed by atoms with Crippen LogP contribution >= 0.6 is 0 Å². The first-order valence-electron chi connectivity index (χ1n) is 6.60. The molecular weight excluding hydrogens is 279 g/mol. The van der Waals surface area contributed by atoms with Crippen LogP contribution in [0.25, 0.3) is 11.3 Å². The molecule has 110 valence electrons. The molecule has 0 N–H and O–H groups in total. The molecule has 2 heterocycles. The van der Waals surface area contributed by atoms with Gasteiger partial charge in [0.15, 0.2) is 0 Å². The van der Waals surface area contributed by atoms with Gasteiger partial charge in [-0.05, 0) is 27.7 Å². The number of aryl methyl sites for hydroxylation is 4. The van der Waals surface area contributed by atoms with Gasteiger partial charge in [0.05, 0.1) is 17.0 Å². The second kappa shape index (κ2) is 5.97. The Morgan fingerprint density at radius 3 is 2.32 bits per heavy atom. The van der Waals surface area contributed by atoms with Crippen LogP contribution in [0.5, 0.6) is 0 Å². The zero-order valence-electron chi connectivity index (χ0n) is 13.2. The molecule has 2 aromatic heterocycles. The van der Waals surface area contributed by atoms with E-state index in [2.05, 4.69) is 26.3 Å². The van der Waals surface area contributed by atoms with Crippen molar-refractivity contribution >= 4 is 19.4 Å². The third-order valence-electron chi connectivity index (χ3n) is 3.40. The van der Waals surface area contributed by atoms with Crippen LogP contribution < -0.4 is 0 Å². The summed E-state index contributed by atoms with van der Waals surface area (Å²) in [4.78, 5) is 4.23. The molecule has 0 unspecified atom stereocenters. The van der Waals surface area contributed by atoms with E-state index >= 15 is 0 Å². The van der Waals surface area contributed by atoms with Crippen molar-refractivity contribution in [3.8, 4) is 6.07 Å². The van der Waals surface area contributed by atoms with Crippen LogP contribution in [0.3, 0.4) is 0 Å². The van der Waals surface area contributed by atoms with Gasteiger partial charge in [-0.25, -0.2) is 4.98 Å². The summed E-state index contributed by atoms with van der Waals surface area (Å²) in [6.45, 7) is 7.18. The molecule has 0 aliphatic heterocycles. The minimum absolute atomic E-state index is 0.180. The molecule has 0 saturated heterocycles. The largest absolute Gasteiger partial charge is 0.566 e. The Balaban J connectivity index is 2.77. The molecule has 0 aromatic carbocycles. The third-order valence-corrected chi connectivity index (χ3v) is 3.40. The van der Waals surface area contributed by atoms with Gasteiger partial charge < -0.3 is 4.65 Å². The Morgan fingerprint density at radius 1 is 1.18 bits per heavy atom. The average molecular weight is 294 g/mol. The van der Waals surface area contributed by atoms with Gasteiger partial charge in [-0.15, -0.1) is 10.2 Å². The molecule has 2 rings (SSSR count). The van der Waals surface area contributed by atoms with Crippen LogP contribution in [0, 0.1) is 39.0 Å². The van der Waals surface area contributed by atoms with E-state index in [0.29, 0.717) is 28.5 Å².